The first-order chi connectivity index (χ1) is 18.2. The van der Waals surface area contributed by atoms with Crippen LogP contribution in [-0.4, -0.2) is 88.2 Å². The van der Waals surface area contributed by atoms with Gasteiger partial charge in [-0.05, 0) is 62.3 Å². The van der Waals surface area contributed by atoms with Gasteiger partial charge in [0.05, 0.1) is 12.6 Å². The van der Waals surface area contributed by atoms with Crippen molar-refractivity contribution in [2.75, 3.05) is 25.2 Å². The van der Waals surface area contributed by atoms with Crippen molar-refractivity contribution in [1.82, 2.24) is 20.9 Å². The first kappa shape index (κ1) is 31.1. The SMILES string of the molecule is CSCCC(NC(=O)C(N)Cc1c[nH]c2ccccc12)C(=O)NC(CO)C(=O)NC(CCCCN)C(=O)O. The van der Waals surface area contributed by atoms with Crippen LogP contribution in [0.3, 0.4) is 0 Å². The Bertz CT molecular complexity index is 1080. The van der Waals surface area contributed by atoms with Crippen LogP contribution in [0.5, 0.6) is 0 Å². The number of para-hydroxylation sites is 1. The van der Waals surface area contributed by atoms with E-state index in [2.05, 4.69) is 20.9 Å². The number of carbonyl (C=O) groups excluding carboxylic acids is 3. The van der Waals surface area contributed by atoms with Gasteiger partial charge in [0.25, 0.3) is 0 Å². The van der Waals surface area contributed by atoms with Gasteiger partial charge in [0.2, 0.25) is 17.7 Å². The second-order valence-electron chi connectivity index (χ2n) is 8.94. The summed E-state index contributed by atoms with van der Waals surface area (Å²) in [6, 6.07) is 3.11. The van der Waals surface area contributed by atoms with Crippen molar-refractivity contribution in [3.8, 4) is 0 Å². The fraction of sp³-hybridized carbons (Fsp3) is 0.520. The average Bonchev–Trinajstić information content (AvgIpc) is 3.31. The Labute approximate surface area is 225 Å². The molecule has 0 aliphatic rings. The number of H-pyrrole nitrogens is 1. The van der Waals surface area contributed by atoms with Gasteiger partial charge in [-0.25, -0.2) is 4.79 Å². The largest absolute Gasteiger partial charge is 0.480 e. The number of carboxylic acids is 1. The molecule has 13 heteroatoms. The highest BCUT2D eigenvalue weighted by Gasteiger charge is 2.30. The summed E-state index contributed by atoms with van der Waals surface area (Å²) >= 11 is 1.47. The van der Waals surface area contributed by atoms with Gasteiger partial charge in [-0.3, -0.25) is 14.4 Å². The predicted octanol–water partition coefficient (Wildman–Crippen LogP) is -0.549. The normalized spacial score (nSPS) is 14.3. The lowest BCUT2D eigenvalue weighted by Gasteiger charge is -2.24. The van der Waals surface area contributed by atoms with Gasteiger partial charge in [0.15, 0.2) is 0 Å². The Morgan fingerprint density at radius 2 is 1.63 bits per heavy atom. The zero-order valence-corrected chi connectivity index (χ0v) is 22.3. The topological polar surface area (TPSA) is 213 Å². The number of aliphatic hydroxyl groups is 1. The monoisotopic (exact) mass is 550 g/mol. The van der Waals surface area contributed by atoms with Crippen LogP contribution in [-0.2, 0) is 25.6 Å². The molecule has 0 fully saturated rings. The smallest absolute Gasteiger partial charge is 0.326 e. The van der Waals surface area contributed by atoms with Crippen LogP contribution in [0.1, 0.15) is 31.2 Å². The highest BCUT2D eigenvalue weighted by Crippen LogP contribution is 2.19. The number of hydrogen-bond acceptors (Lipinski definition) is 8. The quantitative estimate of drug-likeness (QED) is 0.119. The number of rotatable bonds is 17. The summed E-state index contributed by atoms with van der Waals surface area (Å²) in [4.78, 5) is 53.1. The van der Waals surface area contributed by atoms with Crippen molar-refractivity contribution in [3.05, 3.63) is 36.0 Å². The molecule has 0 aliphatic carbocycles. The van der Waals surface area contributed by atoms with E-state index in [1.54, 1.807) is 6.20 Å². The Balaban J connectivity index is 2.02. The molecule has 0 radical (unpaired) electrons. The van der Waals surface area contributed by atoms with Gasteiger partial charge < -0.3 is 42.6 Å². The molecule has 0 saturated carbocycles. The van der Waals surface area contributed by atoms with Crippen LogP contribution in [0.15, 0.2) is 30.5 Å². The number of carboxylic acid groups (broad SMARTS) is 1. The zero-order valence-electron chi connectivity index (χ0n) is 21.4. The number of aromatic amines is 1. The third kappa shape index (κ3) is 9.31. The standard InChI is InChI=1S/C25H38N6O6S/c1-38-11-9-19(29-22(33)17(27)12-15-13-28-18-7-3-2-6-16(15)18)23(34)31-21(14-32)24(35)30-20(25(36)37)8-4-5-10-26/h2-3,6-7,13,17,19-21,28,32H,4-5,8-12,14,26-27H2,1H3,(H,29,33)(H,30,35)(H,31,34)(H,36,37). The molecule has 0 aliphatic heterocycles. The van der Waals surface area contributed by atoms with E-state index >= 15 is 0 Å². The van der Waals surface area contributed by atoms with Gasteiger partial charge in [0.1, 0.15) is 18.1 Å². The molecule has 1 aromatic heterocycles. The molecule has 1 heterocycles. The maximum atomic E-state index is 13.0. The molecule has 3 amide bonds. The Kier molecular flexibility index (Phi) is 13.1. The Morgan fingerprint density at radius 3 is 2.29 bits per heavy atom. The van der Waals surface area contributed by atoms with Crippen LogP contribution in [0.25, 0.3) is 10.9 Å². The number of amides is 3. The van der Waals surface area contributed by atoms with Crippen LogP contribution >= 0.6 is 11.8 Å². The number of carbonyl (C=O) groups is 4. The summed E-state index contributed by atoms with van der Waals surface area (Å²) < 4.78 is 0. The minimum absolute atomic E-state index is 0.158. The fourth-order valence-corrected chi connectivity index (χ4v) is 4.37. The van der Waals surface area contributed by atoms with Crippen LogP contribution in [0.4, 0.5) is 0 Å². The van der Waals surface area contributed by atoms with Crippen LogP contribution < -0.4 is 27.4 Å². The van der Waals surface area contributed by atoms with E-state index in [4.69, 9.17) is 11.5 Å². The summed E-state index contributed by atoms with van der Waals surface area (Å²) in [5.41, 5.74) is 13.4. The minimum Gasteiger partial charge on any atom is -0.480 e. The lowest BCUT2D eigenvalue weighted by molar-refractivity contribution is -0.142. The van der Waals surface area contributed by atoms with Crippen molar-refractivity contribution in [2.24, 2.45) is 11.5 Å². The van der Waals surface area contributed by atoms with Gasteiger partial charge >= 0.3 is 5.97 Å². The molecule has 210 valence electrons. The van der Waals surface area contributed by atoms with Crippen LogP contribution in [0.2, 0.25) is 0 Å². The summed E-state index contributed by atoms with van der Waals surface area (Å²) in [6.45, 7) is -0.361. The number of benzene rings is 1. The van der Waals surface area contributed by atoms with E-state index in [-0.39, 0.29) is 19.3 Å². The number of unbranched alkanes of at least 4 members (excludes halogenated alkanes) is 1. The maximum absolute atomic E-state index is 13.0. The van der Waals surface area contributed by atoms with Crippen molar-refractivity contribution in [2.45, 2.75) is 56.3 Å². The molecule has 10 N–H and O–H groups in total. The van der Waals surface area contributed by atoms with Crippen molar-refractivity contribution in [1.29, 1.82) is 0 Å². The molecule has 0 saturated heterocycles. The summed E-state index contributed by atoms with van der Waals surface area (Å²) in [7, 11) is 0. The molecule has 38 heavy (non-hydrogen) atoms. The fourth-order valence-electron chi connectivity index (χ4n) is 3.90. The third-order valence-electron chi connectivity index (χ3n) is 6.07. The van der Waals surface area contributed by atoms with Crippen molar-refractivity contribution < 1.29 is 29.4 Å². The molecule has 1 aromatic carbocycles. The molecule has 2 aromatic rings. The van der Waals surface area contributed by atoms with Gasteiger partial charge in [-0.1, -0.05) is 18.2 Å². The molecule has 12 nitrogen and oxygen atoms in total. The average molecular weight is 551 g/mol. The molecule has 0 spiro atoms. The number of nitrogens with two attached hydrogens (primary N) is 2. The molecular weight excluding hydrogens is 512 g/mol. The summed E-state index contributed by atoms with van der Waals surface area (Å²) in [5.74, 6) is -2.75. The predicted molar refractivity (Wildman–Crippen MR) is 146 cm³/mol. The number of fused-ring (bicyclic) bond motifs is 1. The summed E-state index contributed by atoms with van der Waals surface area (Å²) in [6.07, 6.45) is 5.39. The summed E-state index contributed by atoms with van der Waals surface area (Å²) in [5, 5.41) is 27.5. The van der Waals surface area contributed by atoms with Crippen molar-refractivity contribution >= 4 is 46.4 Å². The number of aliphatic hydroxyl groups excluding tert-OH is 1. The van der Waals surface area contributed by atoms with E-state index < -0.39 is 54.5 Å². The number of aromatic nitrogens is 1. The van der Waals surface area contributed by atoms with Crippen molar-refractivity contribution in [3.63, 3.8) is 0 Å². The number of hydrogen-bond donors (Lipinski definition) is 8. The van der Waals surface area contributed by atoms with E-state index in [1.165, 1.54) is 11.8 Å². The lowest BCUT2D eigenvalue weighted by atomic mass is 10.0. The molecule has 0 bridgehead atoms. The first-order valence-corrected chi connectivity index (χ1v) is 13.9. The van der Waals surface area contributed by atoms with Gasteiger partial charge in [-0.15, -0.1) is 0 Å². The first-order valence-electron chi connectivity index (χ1n) is 12.5. The van der Waals surface area contributed by atoms with E-state index in [1.807, 2.05) is 30.5 Å². The molecule has 2 rings (SSSR count). The second-order valence-corrected chi connectivity index (χ2v) is 9.93. The second kappa shape index (κ2) is 16.0. The van der Waals surface area contributed by atoms with E-state index in [0.717, 1.165) is 16.5 Å². The Morgan fingerprint density at radius 1 is 0.974 bits per heavy atom. The molecular formula is C25H38N6O6S. The third-order valence-corrected chi connectivity index (χ3v) is 6.72. The van der Waals surface area contributed by atoms with E-state index in [0.29, 0.717) is 25.1 Å². The molecule has 4 unspecified atom stereocenters. The highest BCUT2D eigenvalue weighted by molar-refractivity contribution is 7.98. The molecule has 4 atom stereocenters. The Hall–Kier alpha value is -3.13. The highest BCUT2D eigenvalue weighted by atomic mass is 32.2. The number of thioether (sulfide) groups is 1. The van der Waals surface area contributed by atoms with E-state index in [9.17, 15) is 29.4 Å². The maximum Gasteiger partial charge on any atom is 0.326 e. The lowest BCUT2D eigenvalue weighted by Crippen LogP contribution is -2.58. The van der Waals surface area contributed by atoms with Crippen LogP contribution in [0, 0.1) is 0 Å². The zero-order chi connectivity index (χ0) is 28.1. The number of aliphatic carboxylic acids is 1. The van der Waals surface area contributed by atoms with Gasteiger partial charge in [0, 0.05) is 17.1 Å². The van der Waals surface area contributed by atoms with Gasteiger partial charge in [-0.2, -0.15) is 11.8 Å². The number of nitrogens with one attached hydrogen (secondary N) is 4. The minimum atomic E-state index is -1.40.